The summed E-state index contributed by atoms with van der Waals surface area (Å²) >= 11 is 21.9. The first-order chi connectivity index (χ1) is 15.4. The van der Waals surface area contributed by atoms with Gasteiger partial charge in [-0.05, 0) is 36.4 Å². The van der Waals surface area contributed by atoms with Crippen LogP contribution in [-0.2, 0) is 13.3 Å². The molecule has 0 atom stereocenters. The number of benzene rings is 2. The number of ether oxygens (including phenoxy) is 1. The van der Waals surface area contributed by atoms with Gasteiger partial charge in [0.2, 0.25) is 0 Å². The molecule has 2 heterocycles. The van der Waals surface area contributed by atoms with Crippen LogP contribution in [0.4, 0.5) is 5.82 Å². The van der Waals surface area contributed by atoms with Gasteiger partial charge >= 0.3 is 0 Å². The summed E-state index contributed by atoms with van der Waals surface area (Å²) in [6.45, 7) is 0.473. The van der Waals surface area contributed by atoms with Gasteiger partial charge in [-0.25, -0.2) is 4.68 Å². The molecule has 0 aliphatic rings. The van der Waals surface area contributed by atoms with E-state index >= 15 is 0 Å². The van der Waals surface area contributed by atoms with Crippen LogP contribution in [0.15, 0.2) is 65.4 Å². The number of halogens is 4. The maximum Gasteiger partial charge on any atom is 0.277 e. The monoisotopic (exact) mass is 553 g/mol. The zero-order valence-electron chi connectivity index (χ0n) is 16.3. The van der Waals surface area contributed by atoms with Gasteiger partial charge in [0, 0.05) is 38.5 Å². The van der Waals surface area contributed by atoms with Crippen LogP contribution in [0.1, 0.15) is 16.1 Å². The molecule has 4 aromatic rings. The predicted octanol–water partition coefficient (Wildman–Crippen LogP) is 6.14. The van der Waals surface area contributed by atoms with Crippen molar-refractivity contribution in [2.24, 2.45) is 0 Å². The normalized spacial score (nSPS) is 10.9. The van der Waals surface area contributed by atoms with E-state index in [9.17, 15) is 4.79 Å². The Labute approximate surface area is 207 Å². The van der Waals surface area contributed by atoms with Crippen molar-refractivity contribution >= 4 is 62.5 Å². The molecule has 11 heteroatoms. The smallest absolute Gasteiger partial charge is 0.277 e. The van der Waals surface area contributed by atoms with Gasteiger partial charge in [-0.2, -0.15) is 10.2 Å². The fraction of sp³-hybridized carbons (Fsp3) is 0.0952. The molecule has 0 saturated carbocycles. The summed E-state index contributed by atoms with van der Waals surface area (Å²) in [4.78, 5) is 12.5. The molecule has 0 aliphatic carbocycles. The number of amides is 1. The minimum absolute atomic E-state index is 0.0991. The fourth-order valence-electron chi connectivity index (χ4n) is 2.82. The molecule has 1 amide bonds. The number of hydrogen-bond acceptors (Lipinski definition) is 4. The third kappa shape index (κ3) is 5.45. The second-order valence-corrected chi connectivity index (χ2v) is 8.78. The summed E-state index contributed by atoms with van der Waals surface area (Å²) in [7, 11) is 0. The van der Waals surface area contributed by atoms with Gasteiger partial charge in [0.1, 0.15) is 5.75 Å². The van der Waals surface area contributed by atoms with Crippen molar-refractivity contribution in [3.05, 3.63) is 91.7 Å². The SMILES string of the molecule is O=C(Nc1ccn(Cc2c(Cl)cccc2Cl)n1)c1ccn(COc2ccc(Br)cc2Cl)n1. The van der Waals surface area contributed by atoms with Crippen LogP contribution in [0.2, 0.25) is 15.1 Å². The maximum absolute atomic E-state index is 12.5. The summed E-state index contributed by atoms with van der Waals surface area (Å²) in [5.74, 6) is 0.498. The highest BCUT2D eigenvalue weighted by molar-refractivity contribution is 9.10. The second kappa shape index (κ2) is 9.95. The van der Waals surface area contributed by atoms with Gasteiger partial charge in [-0.1, -0.05) is 56.8 Å². The highest BCUT2D eigenvalue weighted by atomic mass is 79.9. The first-order valence-corrected chi connectivity index (χ1v) is 11.2. The zero-order valence-corrected chi connectivity index (χ0v) is 20.2. The number of anilines is 1. The Morgan fingerprint density at radius 2 is 1.72 bits per heavy atom. The largest absolute Gasteiger partial charge is 0.470 e. The Morgan fingerprint density at radius 3 is 2.47 bits per heavy atom. The van der Waals surface area contributed by atoms with Crippen LogP contribution >= 0.6 is 50.7 Å². The first kappa shape index (κ1) is 22.7. The number of nitrogens with one attached hydrogen (secondary N) is 1. The van der Waals surface area contributed by atoms with Crippen LogP contribution in [0.3, 0.4) is 0 Å². The van der Waals surface area contributed by atoms with E-state index in [1.54, 1.807) is 59.5 Å². The molecule has 0 unspecified atom stereocenters. The van der Waals surface area contributed by atoms with Crippen molar-refractivity contribution in [2.75, 3.05) is 5.32 Å². The Bertz CT molecular complexity index is 1250. The van der Waals surface area contributed by atoms with Crippen LogP contribution in [-0.4, -0.2) is 25.5 Å². The highest BCUT2D eigenvalue weighted by Crippen LogP contribution is 2.28. The van der Waals surface area contributed by atoms with Gasteiger partial charge in [-0.15, -0.1) is 0 Å². The molecule has 164 valence electrons. The number of hydrogen-bond donors (Lipinski definition) is 1. The summed E-state index contributed by atoms with van der Waals surface area (Å²) in [6, 6.07) is 13.9. The lowest BCUT2D eigenvalue weighted by molar-refractivity contribution is 0.101. The summed E-state index contributed by atoms with van der Waals surface area (Å²) in [5, 5.41) is 12.9. The van der Waals surface area contributed by atoms with Gasteiger partial charge < -0.3 is 10.1 Å². The molecule has 0 aliphatic heterocycles. The van der Waals surface area contributed by atoms with E-state index in [1.165, 1.54) is 4.68 Å². The molecular weight excluding hydrogens is 541 g/mol. The van der Waals surface area contributed by atoms with Crippen LogP contribution in [0.5, 0.6) is 5.75 Å². The lowest BCUT2D eigenvalue weighted by Crippen LogP contribution is -2.15. The maximum atomic E-state index is 12.5. The number of carbonyl (C=O) groups excluding carboxylic acids is 1. The van der Waals surface area contributed by atoms with Gasteiger partial charge in [-0.3, -0.25) is 9.48 Å². The van der Waals surface area contributed by atoms with E-state index in [-0.39, 0.29) is 12.4 Å². The van der Waals surface area contributed by atoms with E-state index in [1.807, 2.05) is 6.07 Å². The molecule has 2 aromatic carbocycles. The molecule has 0 saturated heterocycles. The Kier molecular flexibility index (Phi) is 7.05. The number of rotatable bonds is 7. The lowest BCUT2D eigenvalue weighted by Gasteiger charge is -2.08. The Balaban J connectivity index is 1.36. The molecular formula is C21H15BrCl3N5O2. The second-order valence-electron chi connectivity index (χ2n) is 6.64. The van der Waals surface area contributed by atoms with Gasteiger partial charge in [0.15, 0.2) is 18.2 Å². The summed E-state index contributed by atoms with van der Waals surface area (Å²) in [5.41, 5.74) is 0.973. The van der Waals surface area contributed by atoms with Crippen LogP contribution < -0.4 is 10.1 Å². The van der Waals surface area contributed by atoms with Crippen LogP contribution in [0, 0.1) is 0 Å². The molecule has 4 rings (SSSR count). The number of nitrogens with zero attached hydrogens (tertiary/aromatic N) is 4. The van der Waals surface area contributed by atoms with Crippen molar-refractivity contribution in [3.8, 4) is 5.75 Å². The summed E-state index contributed by atoms with van der Waals surface area (Å²) in [6.07, 6.45) is 3.36. The van der Waals surface area contributed by atoms with Crippen molar-refractivity contribution in [2.45, 2.75) is 13.3 Å². The third-order valence-corrected chi connectivity index (χ3v) is 5.88. The molecule has 2 aromatic heterocycles. The average Bonchev–Trinajstić information content (AvgIpc) is 3.40. The Morgan fingerprint density at radius 1 is 0.969 bits per heavy atom. The molecule has 0 bridgehead atoms. The predicted molar refractivity (Wildman–Crippen MR) is 128 cm³/mol. The van der Waals surface area contributed by atoms with Crippen molar-refractivity contribution in [1.29, 1.82) is 0 Å². The number of aromatic nitrogens is 4. The molecule has 1 N–H and O–H groups in total. The molecule has 0 radical (unpaired) electrons. The lowest BCUT2D eigenvalue weighted by atomic mass is 10.2. The molecule has 7 nitrogen and oxygen atoms in total. The molecule has 32 heavy (non-hydrogen) atoms. The van der Waals surface area contributed by atoms with E-state index in [0.717, 1.165) is 10.0 Å². The minimum Gasteiger partial charge on any atom is -0.470 e. The van der Waals surface area contributed by atoms with E-state index in [4.69, 9.17) is 39.5 Å². The van der Waals surface area contributed by atoms with E-state index in [2.05, 4.69) is 31.4 Å². The highest BCUT2D eigenvalue weighted by Gasteiger charge is 2.13. The third-order valence-electron chi connectivity index (χ3n) is 4.38. The van der Waals surface area contributed by atoms with Crippen molar-refractivity contribution in [1.82, 2.24) is 19.6 Å². The quantitative estimate of drug-likeness (QED) is 0.297. The van der Waals surface area contributed by atoms with E-state index in [0.29, 0.717) is 33.2 Å². The van der Waals surface area contributed by atoms with Crippen LogP contribution in [0.25, 0.3) is 0 Å². The average molecular weight is 556 g/mol. The molecule has 0 fully saturated rings. The Hall–Kier alpha value is -2.52. The summed E-state index contributed by atoms with van der Waals surface area (Å²) < 4.78 is 9.63. The molecule has 0 spiro atoms. The van der Waals surface area contributed by atoms with Crippen molar-refractivity contribution < 1.29 is 9.53 Å². The number of carbonyl (C=O) groups is 1. The van der Waals surface area contributed by atoms with Gasteiger partial charge in [0.25, 0.3) is 5.91 Å². The standard InChI is InChI=1S/C21H15BrCl3N5O2/c22-13-4-5-19(17(25)10-13)32-12-30-8-6-18(27-30)21(31)26-20-7-9-29(28-20)11-14-15(23)2-1-3-16(14)24/h1-10H,11-12H2,(H,26,28,31). The van der Waals surface area contributed by atoms with Gasteiger partial charge in [0.05, 0.1) is 11.6 Å². The minimum atomic E-state index is -0.397. The zero-order chi connectivity index (χ0) is 22.7. The first-order valence-electron chi connectivity index (χ1n) is 9.28. The fourth-order valence-corrected chi connectivity index (χ4v) is 4.07. The van der Waals surface area contributed by atoms with Crippen molar-refractivity contribution in [3.63, 3.8) is 0 Å². The van der Waals surface area contributed by atoms with E-state index < -0.39 is 5.91 Å². The topological polar surface area (TPSA) is 74.0 Å².